The molecule has 1 aromatic heterocycles. The van der Waals surface area contributed by atoms with Crippen LogP contribution in [0.5, 0.6) is 0 Å². The van der Waals surface area contributed by atoms with Gasteiger partial charge in [-0.25, -0.2) is 0 Å². The van der Waals surface area contributed by atoms with Gasteiger partial charge in [-0.1, -0.05) is 0 Å². The molecular formula is C9H9ClO2. The number of hydrogen-bond donors (Lipinski definition) is 0. The average Bonchev–Trinajstić information content (AvgIpc) is 2.48. The molecule has 1 aromatic rings. The summed E-state index contributed by atoms with van der Waals surface area (Å²) in [6.45, 7) is 1.49. The molecule has 0 aliphatic heterocycles. The van der Waals surface area contributed by atoms with Gasteiger partial charge in [-0.15, -0.1) is 11.6 Å². The number of rotatable bonds is 3. The van der Waals surface area contributed by atoms with E-state index in [0.29, 0.717) is 17.4 Å². The van der Waals surface area contributed by atoms with E-state index in [1.165, 1.54) is 13.0 Å². The highest BCUT2D eigenvalue weighted by Crippen LogP contribution is 2.11. The van der Waals surface area contributed by atoms with Gasteiger partial charge in [-0.2, -0.15) is 0 Å². The van der Waals surface area contributed by atoms with Gasteiger partial charge in [0.1, 0.15) is 11.5 Å². The molecule has 1 heterocycles. The zero-order valence-corrected chi connectivity index (χ0v) is 7.47. The maximum atomic E-state index is 10.5. The Morgan fingerprint density at radius 3 is 2.92 bits per heavy atom. The van der Waals surface area contributed by atoms with Gasteiger partial charge < -0.3 is 4.42 Å². The molecule has 0 fully saturated rings. The molecular weight excluding hydrogens is 176 g/mol. The third-order valence-corrected chi connectivity index (χ3v) is 1.56. The Morgan fingerprint density at radius 2 is 2.42 bits per heavy atom. The van der Waals surface area contributed by atoms with E-state index in [-0.39, 0.29) is 5.78 Å². The van der Waals surface area contributed by atoms with E-state index in [4.69, 9.17) is 16.0 Å². The number of hydrogen-bond acceptors (Lipinski definition) is 2. The number of halogens is 1. The molecule has 2 nitrogen and oxygen atoms in total. The first-order chi connectivity index (χ1) is 5.72. The van der Waals surface area contributed by atoms with Crippen molar-refractivity contribution in [2.75, 3.05) is 0 Å². The van der Waals surface area contributed by atoms with Crippen LogP contribution in [0.3, 0.4) is 0 Å². The lowest BCUT2D eigenvalue weighted by atomic mass is 10.3. The summed E-state index contributed by atoms with van der Waals surface area (Å²) in [7, 11) is 0. The predicted molar refractivity (Wildman–Crippen MR) is 48.0 cm³/mol. The Morgan fingerprint density at radius 1 is 1.67 bits per heavy atom. The van der Waals surface area contributed by atoms with Gasteiger partial charge in [0.05, 0.1) is 5.88 Å². The first-order valence-electron chi connectivity index (χ1n) is 3.55. The Labute approximate surface area is 75.8 Å². The van der Waals surface area contributed by atoms with Gasteiger partial charge in [0, 0.05) is 0 Å². The van der Waals surface area contributed by atoms with Crippen LogP contribution in [0.25, 0.3) is 6.08 Å². The van der Waals surface area contributed by atoms with E-state index in [2.05, 4.69) is 0 Å². The smallest absolute Gasteiger partial charge is 0.152 e. The summed E-state index contributed by atoms with van der Waals surface area (Å²) in [4.78, 5) is 10.5. The van der Waals surface area contributed by atoms with E-state index in [9.17, 15) is 4.79 Å². The Kier molecular flexibility index (Phi) is 3.11. The van der Waals surface area contributed by atoms with E-state index in [1.807, 2.05) is 0 Å². The molecule has 0 aromatic carbocycles. The zero-order chi connectivity index (χ0) is 8.97. The van der Waals surface area contributed by atoms with Crippen LogP contribution in [0.15, 0.2) is 22.6 Å². The summed E-state index contributed by atoms with van der Waals surface area (Å²) in [6.07, 6.45) is 3.08. The van der Waals surface area contributed by atoms with Crippen molar-refractivity contribution in [3.8, 4) is 0 Å². The second-order valence-electron chi connectivity index (χ2n) is 2.38. The van der Waals surface area contributed by atoms with E-state index < -0.39 is 0 Å². The zero-order valence-electron chi connectivity index (χ0n) is 6.71. The molecule has 64 valence electrons. The van der Waals surface area contributed by atoms with Crippen molar-refractivity contribution in [2.24, 2.45) is 0 Å². The molecule has 0 radical (unpaired) electrons. The summed E-state index contributed by atoms with van der Waals surface area (Å²) in [6, 6.07) is 3.56. The van der Waals surface area contributed by atoms with Gasteiger partial charge in [-0.3, -0.25) is 4.79 Å². The quantitative estimate of drug-likeness (QED) is 0.534. The monoisotopic (exact) mass is 184 g/mol. The van der Waals surface area contributed by atoms with Gasteiger partial charge in [-0.05, 0) is 31.2 Å². The van der Waals surface area contributed by atoms with Crippen LogP contribution in [-0.4, -0.2) is 5.78 Å². The van der Waals surface area contributed by atoms with Crippen molar-refractivity contribution in [2.45, 2.75) is 12.8 Å². The van der Waals surface area contributed by atoms with Crippen LogP contribution in [0.1, 0.15) is 18.4 Å². The number of carbonyl (C=O) groups excluding carboxylic acids is 1. The lowest BCUT2D eigenvalue weighted by Gasteiger charge is -1.85. The standard InChI is InChI=1S/C9H9ClO2/c1-7(11)2-3-8-4-5-9(6-10)12-8/h2-5H,6H2,1H3. The lowest BCUT2D eigenvalue weighted by Crippen LogP contribution is -1.78. The van der Waals surface area contributed by atoms with E-state index >= 15 is 0 Å². The third kappa shape index (κ3) is 2.55. The van der Waals surface area contributed by atoms with Crippen molar-refractivity contribution in [3.63, 3.8) is 0 Å². The summed E-state index contributed by atoms with van der Waals surface area (Å²) >= 11 is 5.52. The second-order valence-corrected chi connectivity index (χ2v) is 2.65. The highest BCUT2D eigenvalue weighted by atomic mass is 35.5. The minimum absolute atomic E-state index is 0.00109. The topological polar surface area (TPSA) is 30.2 Å². The minimum atomic E-state index is -0.00109. The summed E-state index contributed by atoms with van der Waals surface area (Å²) in [5.74, 6) is 1.72. The Hall–Kier alpha value is -1.02. The third-order valence-electron chi connectivity index (χ3n) is 1.30. The predicted octanol–water partition coefficient (Wildman–Crippen LogP) is 2.62. The number of furan rings is 1. The minimum Gasteiger partial charge on any atom is -0.460 e. The molecule has 3 heteroatoms. The van der Waals surface area contributed by atoms with Gasteiger partial charge in [0.15, 0.2) is 5.78 Å². The van der Waals surface area contributed by atoms with Gasteiger partial charge in [0.2, 0.25) is 0 Å². The van der Waals surface area contributed by atoms with Gasteiger partial charge in [0.25, 0.3) is 0 Å². The fourth-order valence-corrected chi connectivity index (χ4v) is 0.899. The molecule has 0 aliphatic carbocycles. The molecule has 0 amide bonds. The normalized spacial score (nSPS) is 10.8. The molecule has 0 saturated heterocycles. The van der Waals surface area contributed by atoms with Crippen LogP contribution in [-0.2, 0) is 10.7 Å². The Balaban J connectivity index is 2.70. The van der Waals surface area contributed by atoms with Crippen molar-refractivity contribution in [1.82, 2.24) is 0 Å². The van der Waals surface area contributed by atoms with E-state index in [0.717, 1.165) is 0 Å². The van der Waals surface area contributed by atoms with Crippen LogP contribution in [0, 0.1) is 0 Å². The average molecular weight is 185 g/mol. The molecule has 0 unspecified atom stereocenters. The lowest BCUT2D eigenvalue weighted by molar-refractivity contribution is -0.112. The van der Waals surface area contributed by atoms with Gasteiger partial charge >= 0.3 is 0 Å². The molecule has 1 rings (SSSR count). The van der Waals surface area contributed by atoms with Crippen LogP contribution >= 0.6 is 11.6 Å². The highest BCUT2D eigenvalue weighted by molar-refractivity contribution is 6.16. The molecule has 0 bridgehead atoms. The first kappa shape index (κ1) is 9.07. The molecule has 0 aliphatic rings. The number of alkyl halides is 1. The number of ketones is 1. The highest BCUT2D eigenvalue weighted by Gasteiger charge is 1.96. The van der Waals surface area contributed by atoms with E-state index in [1.54, 1.807) is 18.2 Å². The van der Waals surface area contributed by atoms with Crippen molar-refractivity contribution in [3.05, 3.63) is 29.7 Å². The van der Waals surface area contributed by atoms with Crippen molar-refractivity contribution >= 4 is 23.5 Å². The molecule has 0 N–H and O–H groups in total. The summed E-state index contributed by atoms with van der Waals surface area (Å²) in [5, 5.41) is 0. The number of allylic oxidation sites excluding steroid dienone is 1. The molecule has 0 spiro atoms. The maximum Gasteiger partial charge on any atom is 0.152 e. The largest absolute Gasteiger partial charge is 0.460 e. The second kappa shape index (κ2) is 4.12. The number of carbonyl (C=O) groups is 1. The fourth-order valence-electron chi connectivity index (χ4n) is 0.755. The van der Waals surface area contributed by atoms with Crippen molar-refractivity contribution < 1.29 is 9.21 Å². The first-order valence-corrected chi connectivity index (χ1v) is 4.09. The van der Waals surface area contributed by atoms with Crippen molar-refractivity contribution in [1.29, 1.82) is 0 Å². The molecule has 0 saturated carbocycles. The fraction of sp³-hybridized carbons (Fsp3) is 0.222. The summed E-state index contributed by atoms with van der Waals surface area (Å²) in [5.41, 5.74) is 0. The summed E-state index contributed by atoms with van der Waals surface area (Å²) < 4.78 is 5.21. The maximum absolute atomic E-state index is 10.5. The van der Waals surface area contributed by atoms with Crippen LogP contribution < -0.4 is 0 Å². The SMILES string of the molecule is CC(=O)C=Cc1ccc(CCl)o1. The molecule has 12 heavy (non-hydrogen) atoms. The van der Waals surface area contributed by atoms with Crippen LogP contribution in [0.2, 0.25) is 0 Å². The molecule has 0 atom stereocenters. The Bertz CT molecular complexity index is 299. The van der Waals surface area contributed by atoms with Crippen LogP contribution in [0.4, 0.5) is 0 Å².